The summed E-state index contributed by atoms with van der Waals surface area (Å²) in [5.41, 5.74) is 0. The molecule has 1 aliphatic rings. The van der Waals surface area contributed by atoms with Gasteiger partial charge in [0.2, 0.25) is 0 Å². The molecule has 0 N–H and O–H groups in total. The normalized spacial score (nSPS) is 18.9. The van der Waals surface area contributed by atoms with Gasteiger partial charge in [0, 0.05) is 6.54 Å². The fourth-order valence-electron chi connectivity index (χ4n) is 1.37. The molecule has 4 nitrogen and oxygen atoms in total. The molecule has 8 heteroatoms. The molecule has 16 heavy (non-hydrogen) atoms. The predicted molar refractivity (Wildman–Crippen MR) is 68.8 cm³/mol. The Labute approximate surface area is 115 Å². The van der Waals surface area contributed by atoms with Gasteiger partial charge in [-0.25, -0.2) is 8.42 Å². The van der Waals surface area contributed by atoms with Crippen molar-refractivity contribution in [3.8, 4) is 0 Å². The second-order valence-corrected chi connectivity index (χ2v) is 8.81. The standard InChI is InChI=1S/C8H9Br2NO3S2/c9-7-5-6(8(10)15-7)16(12,13)11-3-1-2-4-14-11/h5H,1-4H2. The Bertz CT molecular complexity index is 479. The molecule has 2 heterocycles. The van der Waals surface area contributed by atoms with E-state index in [1.165, 1.54) is 11.3 Å². The van der Waals surface area contributed by atoms with Crippen LogP contribution in [0.4, 0.5) is 0 Å². The number of hydrogen-bond acceptors (Lipinski definition) is 4. The Morgan fingerprint density at radius 1 is 1.38 bits per heavy atom. The van der Waals surface area contributed by atoms with Crippen molar-refractivity contribution >= 4 is 53.2 Å². The van der Waals surface area contributed by atoms with Gasteiger partial charge in [-0.2, -0.15) is 0 Å². The summed E-state index contributed by atoms with van der Waals surface area (Å²) in [6.07, 6.45) is 1.74. The molecule has 90 valence electrons. The largest absolute Gasteiger partial charge is 0.284 e. The minimum Gasteiger partial charge on any atom is -0.284 e. The highest BCUT2D eigenvalue weighted by molar-refractivity contribution is 9.12. The van der Waals surface area contributed by atoms with Gasteiger partial charge in [0.05, 0.1) is 14.2 Å². The highest BCUT2D eigenvalue weighted by atomic mass is 79.9. The zero-order valence-corrected chi connectivity index (χ0v) is 13.0. The van der Waals surface area contributed by atoms with Crippen molar-refractivity contribution in [2.45, 2.75) is 17.7 Å². The van der Waals surface area contributed by atoms with Crippen molar-refractivity contribution in [2.75, 3.05) is 13.2 Å². The predicted octanol–water partition coefficient (Wildman–Crippen LogP) is 2.99. The van der Waals surface area contributed by atoms with E-state index in [2.05, 4.69) is 31.9 Å². The zero-order valence-electron chi connectivity index (χ0n) is 8.15. The van der Waals surface area contributed by atoms with E-state index in [4.69, 9.17) is 4.84 Å². The average Bonchev–Trinajstić information content (AvgIpc) is 2.60. The number of rotatable bonds is 2. The van der Waals surface area contributed by atoms with Crippen LogP contribution in [0.3, 0.4) is 0 Å². The topological polar surface area (TPSA) is 46.6 Å². The van der Waals surface area contributed by atoms with Crippen LogP contribution in [0, 0.1) is 0 Å². The van der Waals surface area contributed by atoms with Gasteiger partial charge in [0.15, 0.2) is 0 Å². The van der Waals surface area contributed by atoms with Crippen LogP contribution in [-0.2, 0) is 14.9 Å². The minimum atomic E-state index is -3.53. The van der Waals surface area contributed by atoms with E-state index in [0.29, 0.717) is 16.9 Å². The second kappa shape index (κ2) is 5.03. The molecule has 0 atom stereocenters. The van der Waals surface area contributed by atoms with E-state index in [-0.39, 0.29) is 4.90 Å². The van der Waals surface area contributed by atoms with E-state index in [0.717, 1.165) is 21.1 Å². The summed E-state index contributed by atoms with van der Waals surface area (Å²) in [4.78, 5) is 5.43. The number of hydroxylamine groups is 1. The van der Waals surface area contributed by atoms with E-state index in [1.54, 1.807) is 6.07 Å². The summed E-state index contributed by atoms with van der Waals surface area (Å²) >= 11 is 7.84. The summed E-state index contributed by atoms with van der Waals surface area (Å²) in [7, 11) is -3.53. The van der Waals surface area contributed by atoms with Crippen molar-refractivity contribution in [1.82, 2.24) is 4.47 Å². The monoisotopic (exact) mass is 389 g/mol. The molecule has 0 radical (unpaired) electrons. The average molecular weight is 391 g/mol. The van der Waals surface area contributed by atoms with E-state index >= 15 is 0 Å². The molecule has 0 bridgehead atoms. The maximum absolute atomic E-state index is 12.2. The van der Waals surface area contributed by atoms with Crippen molar-refractivity contribution in [3.63, 3.8) is 0 Å². The van der Waals surface area contributed by atoms with E-state index < -0.39 is 10.0 Å². The molecule has 0 spiro atoms. The lowest BCUT2D eigenvalue weighted by atomic mass is 10.3. The molecule has 1 aromatic rings. The lowest BCUT2D eigenvalue weighted by Gasteiger charge is -2.24. The molecule has 0 aliphatic carbocycles. The third-order valence-electron chi connectivity index (χ3n) is 2.14. The number of halogens is 2. The molecule has 2 rings (SSSR count). The van der Waals surface area contributed by atoms with Crippen molar-refractivity contribution < 1.29 is 13.3 Å². The Hall–Kier alpha value is 0.530. The summed E-state index contributed by atoms with van der Waals surface area (Å²) in [6, 6.07) is 1.59. The SMILES string of the molecule is O=S(=O)(c1cc(Br)sc1Br)N1CCCCO1. The first-order valence-corrected chi connectivity index (χ1v) is 8.46. The van der Waals surface area contributed by atoms with E-state index in [9.17, 15) is 8.42 Å². The van der Waals surface area contributed by atoms with Crippen molar-refractivity contribution in [2.24, 2.45) is 0 Å². The lowest BCUT2D eigenvalue weighted by molar-refractivity contribution is -0.108. The first-order chi connectivity index (χ1) is 7.51. The van der Waals surface area contributed by atoms with Gasteiger partial charge >= 0.3 is 0 Å². The maximum Gasteiger partial charge on any atom is 0.267 e. The number of hydrogen-bond donors (Lipinski definition) is 0. The fraction of sp³-hybridized carbons (Fsp3) is 0.500. The number of sulfonamides is 1. The Balaban J connectivity index is 2.34. The van der Waals surface area contributed by atoms with Crippen LogP contribution in [0.15, 0.2) is 18.5 Å². The molecule has 0 aromatic carbocycles. The van der Waals surface area contributed by atoms with Gasteiger partial charge in [-0.05, 0) is 50.8 Å². The Morgan fingerprint density at radius 2 is 2.12 bits per heavy atom. The highest BCUT2D eigenvalue weighted by Gasteiger charge is 2.30. The van der Waals surface area contributed by atoms with Gasteiger partial charge < -0.3 is 0 Å². The number of thiophene rings is 1. The summed E-state index contributed by atoms with van der Waals surface area (Å²) in [5.74, 6) is 0. The Morgan fingerprint density at radius 3 is 2.62 bits per heavy atom. The van der Waals surface area contributed by atoms with E-state index in [1.807, 2.05) is 0 Å². The van der Waals surface area contributed by atoms with Gasteiger partial charge in [-0.15, -0.1) is 11.3 Å². The molecule has 0 saturated carbocycles. The van der Waals surface area contributed by atoms with Crippen LogP contribution < -0.4 is 0 Å². The summed E-state index contributed by atoms with van der Waals surface area (Å²) in [6.45, 7) is 0.879. The first kappa shape index (κ1) is 13.0. The quantitative estimate of drug-likeness (QED) is 0.779. The van der Waals surface area contributed by atoms with Gasteiger partial charge in [-0.3, -0.25) is 4.84 Å². The zero-order chi connectivity index (χ0) is 11.8. The molecule has 1 aliphatic heterocycles. The minimum absolute atomic E-state index is 0.256. The first-order valence-electron chi connectivity index (χ1n) is 4.62. The highest BCUT2D eigenvalue weighted by Crippen LogP contribution is 2.36. The smallest absolute Gasteiger partial charge is 0.267 e. The van der Waals surface area contributed by atoms with Gasteiger partial charge in [-0.1, -0.05) is 4.47 Å². The molecule has 1 aromatic heterocycles. The second-order valence-electron chi connectivity index (χ2n) is 3.26. The van der Waals surface area contributed by atoms with Crippen LogP contribution in [0.1, 0.15) is 12.8 Å². The van der Waals surface area contributed by atoms with Gasteiger partial charge in [0.1, 0.15) is 4.90 Å². The van der Waals surface area contributed by atoms with Crippen LogP contribution in [0.2, 0.25) is 0 Å². The van der Waals surface area contributed by atoms with Crippen LogP contribution in [-0.4, -0.2) is 26.0 Å². The van der Waals surface area contributed by atoms with Crippen molar-refractivity contribution in [1.29, 1.82) is 0 Å². The Kier molecular flexibility index (Phi) is 4.08. The molecule has 1 fully saturated rings. The van der Waals surface area contributed by atoms with Crippen LogP contribution in [0.25, 0.3) is 0 Å². The lowest BCUT2D eigenvalue weighted by Crippen LogP contribution is -2.35. The fourth-order valence-corrected chi connectivity index (χ4v) is 6.44. The third kappa shape index (κ3) is 2.51. The van der Waals surface area contributed by atoms with Crippen LogP contribution >= 0.6 is 43.2 Å². The van der Waals surface area contributed by atoms with Gasteiger partial charge in [0.25, 0.3) is 10.0 Å². The summed E-state index contributed by atoms with van der Waals surface area (Å²) in [5, 5.41) is 0. The van der Waals surface area contributed by atoms with Crippen molar-refractivity contribution in [3.05, 3.63) is 13.6 Å². The third-order valence-corrected chi connectivity index (χ3v) is 6.57. The number of nitrogens with zero attached hydrogens (tertiary/aromatic N) is 1. The molecular weight excluding hydrogens is 382 g/mol. The molecular formula is C8H9Br2NO3S2. The molecule has 1 saturated heterocycles. The summed E-state index contributed by atoms with van der Waals surface area (Å²) < 4.78 is 26.8. The van der Waals surface area contributed by atoms with Crippen LogP contribution in [0.5, 0.6) is 0 Å². The molecule has 0 unspecified atom stereocenters. The maximum atomic E-state index is 12.2. The molecule has 0 amide bonds.